The fourth-order valence-electron chi connectivity index (χ4n) is 5.68. The third-order valence-corrected chi connectivity index (χ3v) is 12.2. The fraction of sp³-hybridized carbons (Fsp3) is 0.295. The largest absolute Gasteiger partial charge is 0.489 e. The normalized spacial score (nSPS) is 11.3. The first-order valence-corrected chi connectivity index (χ1v) is 25.7. The summed E-state index contributed by atoms with van der Waals surface area (Å²) in [5.41, 5.74) is -0.854. The summed E-state index contributed by atoms with van der Waals surface area (Å²) in [5.74, 6) is -4.96. The number of carbonyl (C=O) groups is 4. The molecule has 28 nitrogen and oxygen atoms in total. The fourth-order valence-corrected chi connectivity index (χ4v) is 8.33. The van der Waals surface area contributed by atoms with Gasteiger partial charge in [0.25, 0.3) is 26.0 Å². The Bertz CT molecular complexity index is 3470. The summed E-state index contributed by atoms with van der Waals surface area (Å²) in [6.07, 6.45) is 1.13. The second kappa shape index (κ2) is 27.3. The maximum absolute atomic E-state index is 12.5. The van der Waals surface area contributed by atoms with Crippen molar-refractivity contribution >= 4 is 79.1 Å². The highest BCUT2D eigenvalue weighted by molar-refractivity contribution is 7.90. The molecule has 0 aliphatic heterocycles. The van der Waals surface area contributed by atoms with Crippen LogP contribution in [0.15, 0.2) is 86.0 Å². The highest BCUT2D eigenvalue weighted by Crippen LogP contribution is 2.34. The number of hydrogen-bond acceptors (Lipinski definition) is 21. The van der Waals surface area contributed by atoms with E-state index in [0.29, 0.717) is 28.4 Å². The van der Waals surface area contributed by atoms with Crippen molar-refractivity contribution in [3.8, 4) is 35.0 Å². The minimum Gasteiger partial charge on any atom is -0.489 e. The van der Waals surface area contributed by atoms with Gasteiger partial charge in [0.2, 0.25) is 41.3 Å². The quantitative estimate of drug-likeness (QED) is 0.0634. The van der Waals surface area contributed by atoms with E-state index in [0.717, 1.165) is 16.8 Å². The van der Waals surface area contributed by atoms with E-state index in [9.17, 15) is 58.4 Å². The summed E-state index contributed by atoms with van der Waals surface area (Å²) in [5, 5.41) is 17.2. The first-order chi connectivity index (χ1) is 37.2. The van der Waals surface area contributed by atoms with Gasteiger partial charge in [0.15, 0.2) is 5.03 Å². The third kappa shape index (κ3) is 18.2. The maximum atomic E-state index is 12.5. The first kappa shape index (κ1) is 63.9. The predicted octanol–water partition coefficient (Wildman–Crippen LogP) is 6.21. The molecule has 4 aromatic heterocycles. The molecule has 432 valence electrons. The standard InChI is InChI=1S/C15H18Cl2N2O3.C15H18N6O6S.C14H10F4N4O7S/c1-8(2)21-12-7-11(9(16)6-10(12)17)19-14(20)22-13(18-19)15(3,4)5;1-21(2)13(22)9-6-5-7-16-12(9)28(24,25)20-15(23)19-14-17-10(26-3)8-11(18-14)27-4;15-11(16)28-8-5-9(29-12(17)18)20-13(19-8)21-14(25)22-30(26,27)7-4-2-1-3-6(7)10(23)24/h6-8H,1-5H3;5-8H,1-4H3,(H2,17,18,19,20,23);1-5,11-12H,(H,23,24)(H2,19,20,21,22,25). The van der Waals surface area contributed by atoms with Gasteiger partial charge in [-0.1, -0.05) is 56.1 Å². The smallest absolute Gasteiger partial charge is 0.442 e. The lowest BCUT2D eigenvalue weighted by Gasteiger charge is -2.14. The van der Waals surface area contributed by atoms with Gasteiger partial charge < -0.3 is 38.1 Å². The number of urea groups is 2. The van der Waals surface area contributed by atoms with E-state index < -0.39 is 96.2 Å². The number of sulfonamides is 2. The van der Waals surface area contributed by atoms with Crippen molar-refractivity contribution < 1.29 is 86.8 Å². The van der Waals surface area contributed by atoms with Gasteiger partial charge in [0, 0.05) is 31.8 Å². The number of methoxy groups -OCH3 is 2. The number of aromatic carboxylic acids is 1. The molecule has 0 saturated heterocycles. The van der Waals surface area contributed by atoms with Gasteiger partial charge in [-0.15, -0.1) is 5.10 Å². The molecule has 0 aliphatic carbocycles. The van der Waals surface area contributed by atoms with Gasteiger partial charge in [-0.25, -0.2) is 42.0 Å². The number of carboxylic acid groups (broad SMARTS) is 1. The number of alkyl halides is 4. The lowest BCUT2D eigenvalue weighted by molar-refractivity contribution is -0.0580. The van der Waals surface area contributed by atoms with Crippen molar-refractivity contribution in [2.24, 2.45) is 0 Å². The van der Waals surface area contributed by atoms with E-state index in [4.69, 9.17) is 46.9 Å². The number of hydrogen-bond donors (Lipinski definition) is 5. The van der Waals surface area contributed by atoms with E-state index in [1.165, 1.54) is 80.5 Å². The average molecular weight is 1210 g/mol. The molecule has 2 aromatic carbocycles. The Morgan fingerprint density at radius 2 is 1.23 bits per heavy atom. The number of aromatic nitrogens is 7. The average Bonchev–Trinajstić information content (AvgIpc) is 3.75. The molecule has 5 amide bonds. The minimum atomic E-state index is -4.71. The number of nitrogens with one attached hydrogen (secondary N) is 4. The van der Waals surface area contributed by atoms with Crippen molar-refractivity contribution in [2.45, 2.75) is 69.3 Å². The number of nitrogens with zero attached hydrogens (tertiary/aromatic N) is 8. The monoisotopic (exact) mass is 1210 g/mol. The summed E-state index contributed by atoms with van der Waals surface area (Å²) in [7, 11) is -3.56. The second-order valence-corrected chi connectivity index (χ2v) is 20.7. The zero-order chi connectivity index (χ0) is 60.0. The highest BCUT2D eigenvalue weighted by Gasteiger charge is 2.29. The predicted molar refractivity (Wildman–Crippen MR) is 271 cm³/mol. The highest BCUT2D eigenvalue weighted by atomic mass is 35.5. The molecule has 0 spiro atoms. The zero-order valence-electron chi connectivity index (χ0n) is 42.8. The van der Waals surface area contributed by atoms with Gasteiger partial charge in [0.05, 0.1) is 59.3 Å². The number of benzene rings is 2. The summed E-state index contributed by atoms with van der Waals surface area (Å²) >= 11 is 12.3. The topological polar surface area (TPSA) is 367 Å². The molecule has 5 N–H and O–H groups in total. The second-order valence-electron chi connectivity index (χ2n) is 16.6. The number of halogens is 6. The zero-order valence-corrected chi connectivity index (χ0v) is 46.0. The van der Waals surface area contributed by atoms with Crippen LogP contribution >= 0.6 is 23.2 Å². The summed E-state index contributed by atoms with van der Waals surface area (Å²) in [6.45, 7) is 2.65. The summed E-state index contributed by atoms with van der Waals surface area (Å²) in [4.78, 5) is 77.8. The van der Waals surface area contributed by atoms with Crippen molar-refractivity contribution in [2.75, 3.05) is 38.9 Å². The van der Waals surface area contributed by atoms with Gasteiger partial charge in [-0.05, 0) is 44.2 Å². The number of ether oxygens (including phenoxy) is 5. The molecule has 6 rings (SSSR count). The van der Waals surface area contributed by atoms with Crippen LogP contribution in [0.3, 0.4) is 0 Å². The van der Waals surface area contributed by atoms with Crippen LogP contribution < -0.4 is 49.5 Å². The molecule has 0 bridgehead atoms. The first-order valence-electron chi connectivity index (χ1n) is 21.9. The van der Waals surface area contributed by atoms with Gasteiger partial charge >= 0.3 is 37.0 Å². The number of carbonyl (C=O) groups excluding carboxylic acids is 3. The number of pyridine rings is 1. The lowest BCUT2D eigenvalue weighted by Crippen LogP contribution is -2.36. The SMILES string of the molecule is CC(C)Oc1cc(-n2nc(C(C)(C)C)oc2=O)c(Cl)cc1Cl.COc1cc(OC)nc(NC(=O)NS(=O)(=O)c2ncccc2C(=O)N(C)C)n1.O=C(Nc1nc(OC(F)F)cc(OC(F)F)n1)NS(=O)(=O)c1ccccc1C(=O)O. The minimum absolute atomic E-state index is 0.0642. The Kier molecular flexibility index (Phi) is 21.8. The molecular weight excluding hydrogens is 1160 g/mol. The molecule has 6 aromatic rings. The number of anilines is 2. The van der Waals surface area contributed by atoms with E-state index in [1.54, 1.807) is 16.1 Å². The molecule has 0 radical (unpaired) electrons. The van der Waals surface area contributed by atoms with Crippen molar-refractivity contribution in [3.05, 3.63) is 104 Å². The third-order valence-electron chi connectivity index (χ3n) is 8.95. The molecule has 0 atom stereocenters. The van der Waals surface area contributed by atoms with E-state index in [2.05, 4.69) is 44.8 Å². The van der Waals surface area contributed by atoms with Crippen LogP contribution in [-0.4, -0.2) is 133 Å². The molecule has 36 heteroatoms. The van der Waals surface area contributed by atoms with Gasteiger partial charge in [0.1, 0.15) is 10.6 Å². The van der Waals surface area contributed by atoms with E-state index in [1.807, 2.05) is 34.6 Å². The Morgan fingerprint density at radius 1 is 0.725 bits per heavy atom. The van der Waals surface area contributed by atoms with Gasteiger partial charge in [-0.2, -0.15) is 50.6 Å². The van der Waals surface area contributed by atoms with Crippen LogP contribution in [0.1, 0.15) is 61.2 Å². The van der Waals surface area contributed by atoms with Crippen LogP contribution in [0.5, 0.6) is 29.3 Å². The van der Waals surface area contributed by atoms with E-state index >= 15 is 0 Å². The molecule has 4 heterocycles. The molecule has 80 heavy (non-hydrogen) atoms. The van der Waals surface area contributed by atoms with Crippen LogP contribution in [0.2, 0.25) is 10.0 Å². The van der Waals surface area contributed by atoms with Crippen LogP contribution in [0.25, 0.3) is 5.69 Å². The number of carboxylic acids is 1. The molecule has 0 fully saturated rings. The number of rotatable bonds is 17. The molecule has 0 saturated carbocycles. The maximum Gasteiger partial charge on any atom is 0.442 e. The summed E-state index contributed by atoms with van der Waals surface area (Å²) < 4.78 is 132. The van der Waals surface area contributed by atoms with Crippen LogP contribution in [0.4, 0.5) is 39.0 Å². The summed E-state index contributed by atoms with van der Waals surface area (Å²) in [6, 6.07) is 9.23. The molecule has 0 unspecified atom stereocenters. The van der Waals surface area contributed by atoms with Crippen LogP contribution in [0, 0.1) is 0 Å². The Morgan fingerprint density at radius 3 is 1.70 bits per heavy atom. The molecular formula is C44H46Cl2F4N12O16S2. The Balaban J connectivity index is 0.000000261. The Labute approximate surface area is 460 Å². The van der Waals surface area contributed by atoms with Crippen LogP contribution in [-0.2, 0) is 25.5 Å². The number of amides is 5. The molecule has 0 aliphatic rings. The van der Waals surface area contributed by atoms with Crippen molar-refractivity contribution in [3.63, 3.8) is 0 Å². The van der Waals surface area contributed by atoms with Crippen molar-refractivity contribution in [1.29, 1.82) is 0 Å². The van der Waals surface area contributed by atoms with E-state index in [-0.39, 0.29) is 39.8 Å². The lowest BCUT2D eigenvalue weighted by atomic mass is 9.97. The van der Waals surface area contributed by atoms with Crippen molar-refractivity contribution in [1.82, 2.24) is 49.0 Å². The van der Waals surface area contributed by atoms with Gasteiger partial charge in [-0.3, -0.25) is 15.4 Å². The Hall–Kier alpha value is -8.63.